The normalized spacial score (nSPS) is 13.2. The molecule has 4 aromatic rings. The molecule has 0 amide bonds. The summed E-state index contributed by atoms with van der Waals surface area (Å²) in [6.45, 7) is 12.2. The molecule has 3 heterocycles. The van der Waals surface area contributed by atoms with Gasteiger partial charge in [0.2, 0.25) is 6.79 Å². The quantitative estimate of drug-likeness (QED) is 0.397. The third-order valence-corrected chi connectivity index (χ3v) is 7.10. The Hall–Kier alpha value is -3.72. The van der Waals surface area contributed by atoms with Crippen molar-refractivity contribution in [3.63, 3.8) is 0 Å². The standard InChI is InChI=1S/C27H32N6O3/c1-6-27(4,5)33-24(29-30-31-33)15-32(13-19-9-10-22-23(11-19)36-16-35-22)14-20-12-21-17(2)7-8-18(3)25(21)28-26(20)34/h7-12H,6,13-16H2,1-5H3,(H,28,34). The van der Waals surface area contributed by atoms with Gasteiger partial charge in [0.25, 0.3) is 5.56 Å². The van der Waals surface area contributed by atoms with E-state index >= 15 is 0 Å². The number of aromatic amines is 1. The zero-order valence-electron chi connectivity index (χ0n) is 21.5. The van der Waals surface area contributed by atoms with Crippen molar-refractivity contribution in [3.8, 4) is 11.5 Å². The lowest BCUT2D eigenvalue weighted by Crippen LogP contribution is -2.32. The maximum absolute atomic E-state index is 13.1. The Bertz CT molecular complexity index is 1470. The van der Waals surface area contributed by atoms with Gasteiger partial charge in [-0.05, 0) is 79.4 Å². The number of H-pyrrole nitrogens is 1. The highest BCUT2D eigenvalue weighted by atomic mass is 16.7. The number of fused-ring (bicyclic) bond motifs is 2. The monoisotopic (exact) mass is 488 g/mol. The van der Waals surface area contributed by atoms with Gasteiger partial charge in [-0.2, -0.15) is 0 Å². The van der Waals surface area contributed by atoms with Crippen LogP contribution < -0.4 is 15.0 Å². The number of rotatable bonds is 8. The summed E-state index contributed by atoms with van der Waals surface area (Å²) in [5.41, 5.74) is 4.52. The Morgan fingerprint density at radius 1 is 1.03 bits per heavy atom. The molecule has 188 valence electrons. The molecule has 2 aromatic carbocycles. The molecule has 0 bridgehead atoms. The number of aromatic nitrogens is 5. The number of aryl methyl sites for hydroxylation is 2. The first-order chi connectivity index (χ1) is 17.2. The Morgan fingerprint density at radius 3 is 2.61 bits per heavy atom. The molecule has 36 heavy (non-hydrogen) atoms. The van der Waals surface area contributed by atoms with Crippen molar-refractivity contribution in [2.75, 3.05) is 6.79 Å². The fourth-order valence-corrected chi connectivity index (χ4v) is 4.57. The summed E-state index contributed by atoms with van der Waals surface area (Å²) in [7, 11) is 0. The molecule has 0 radical (unpaired) electrons. The number of hydrogen-bond donors (Lipinski definition) is 1. The second-order valence-electron chi connectivity index (χ2n) is 10.1. The Kier molecular flexibility index (Phi) is 6.26. The van der Waals surface area contributed by atoms with E-state index in [1.165, 1.54) is 0 Å². The lowest BCUT2D eigenvalue weighted by atomic mass is 10.0. The minimum absolute atomic E-state index is 0.0830. The molecule has 0 saturated carbocycles. The van der Waals surface area contributed by atoms with Crippen molar-refractivity contribution < 1.29 is 9.47 Å². The molecule has 2 aromatic heterocycles. The molecule has 0 fully saturated rings. The molecule has 0 aliphatic carbocycles. The summed E-state index contributed by atoms with van der Waals surface area (Å²) in [6, 6.07) is 12.1. The molecule has 0 atom stereocenters. The van der Waals surface area contributed by atoms with Crippen molar-refractivity contribution in [2.24, 2.45) is 0 Å². The van der Waals surface area contributed by atoms with E-state index in [-0.39, 0.29) is 17.9 Å². The van der Waals surface area contributed by atoms with Crippen molar-refractivity contribution in [1.82, 2.24) is 30.1 Å². The first-order valence-electron chi connectivity index (χ1n) is 12.3. The fraction of sp³-hybridized carbons (Fsp3) is 0.407. The summed E-state index contributed by atoms with van der Waals surface area (Å²) in [4.78, 5) is 18.4. The van der Waals surface area contributed by atoms with Gasteiger partial charge in [-0.15, -0.1) is 5.10 Å². The average molecular weight is 489 g/mol. The summed E-state index contributed by atoms with van der Waals surface area (Å²) in [5.74, 6) is 2.24. The SMILES string of the molecule is CCC(C)(C)n1nnnc1CN(Cc1ccc2c(c1)OCO2)Cc1cc2c(C)ccc(C)c2[nH]c1=O. The van der Waals surface area contributed by atoms with E-state index in [4.69, 9.17) is 9.47 Å². The number of pyridine rings is 1. The highest BCUT2D eigenvalue weighted by Crippen LogP contribution is 2.33. The smallest absolute Gasteiger partial charge is 0.252 e. The summed E-state index contributed by atoms with van der Waals surface area (Å²) >= 11 is 0. The molecular weight excluding hydrogens is 456 g/mol. The van der Waals surface area contributed by atoms with Gasteiger partial charge in [0.05, 0.1) is 17.6 Å². The van der Waals surface area contributed by atoms with Crippen LogP contribution in [0.15, 0.2) is 41.2 Å². The first kappa shape index (κ1) is 24.0. The van der Waals surface area contributed by atoms with Crippen molar-refractivity contribution in [2.45, 2.75) is 66.2 Å². The van der Waals surface area contributed by atoms with Gasteiger partial charge in [0.15, 0.2) is 17.3 Å². The largest absolute Gasteiger partial charge is 0.454 e. The summed E-state index contributed by atoms with van der Waals surface area (Å²) in [5, 5.41) is 13.6. The van der Waals surface area contributed by atoms with Crippen LogP contribution in [-0.2, 0) is 25.2 Å². The molecule has 0 saturated heterocycles. The zero-order valence-corrected chi connectivity index (χ0v) is 21.5. The minimum atomic E-state index is -0.224. The lowest BCUT2D eigenvalue weighted by molar-refractivity contribution is 0.174. The van der Waals surface area contributed by atoms with E-state index < -0.39 is 0 Å². The molecule has 0 spiro atoms. The van der Waals surface area contributed by atoms with Gasteiger partial charge in [0, 0.05) is 24.0 Å². The summed E-state index contributed by atoms with van der Waals surface area (Å²) < 4.78 is 12.9. The number of ether oxygens (including phenoxy) is 2. The predicted octanol–water partition coefficient (Wildman–Crippen LogP) is 4.21. The molecule has 5 rings (SSSR count). The van der Waals surface area contributed by atoms with E-state index in [1.807, 2.05) is 41.9 Å². The van der Waals surface area contributed by atoms with Gasteiger partial charge in [-0.3, -0.25) is 9.69 Å². The minimum Gasteiger partial charge on any atom is -0.454 e. The molecule has 1 aliphatic heterocycles. The predicted molar refractivity (Wildman–Crippen MR) is 137 cm³/mol. The number of hydrogen-bond acceptors (Lipinski definition) is 7. The molecule has 1 aliphatic rings. The van der Waals surface area contributed by atoms with E-state index in [0.717, 1.165) is 51.3 Å². The fourth-order valence-electron chi connectivity index (χ4n) is 4.57. The Morgan fingerprint density at radius 2 is 1.81 bits per heavy atom. The van der Waals surface area contributed by atoms with E-state index in [2.05, 4.69) is 59.2 Å². The highest BCUT2D eigenvalue weighted by molar-refractivity contribution is 5.85. The van der Waals surface area contributed by atoms with Crippen LogP contribution in [-0.4, -0.2) is 36.9 Å². The van der Waals surface area contributed by atoms with Crippen LogP contribution in [0, 0.1) is 13.8 Å². The third-order valence-electron chi connectivity index (χ3n) is 7.10. The van der Waals surface area contributed by atoms with Gasteiger partial charge in [0.1, 0.15) is 0 Å². The van der Waals surface area contributed by atoms with Crippen LogP contribution in [0.4, 0.5) is 0 Å². The second kappa shape index (κ2) is 9.39. The molecule has 9 nitrogen and oxygen atoms in total. The van der Waals surface area contributed by atoms with Crippen LogP contribution in [0.5, 0.6) is 11.5 Å². The molecule has 0 unspecified atom stereocenters. The van der Waals surface area contributed by atoms with Crippen LogP contribution in [0.25, 0.3) is 10.9 Å². The molecular formula is C27H32N6O3. The number of nitrogens with zero attached hydrogens (tertiary/aromatic N) is 5. The van der Waals surface area contributed by atoms with Crippen LogP contribution >= 0.6 is 0 Å². The highest BCUT2D eigenvalue weighted by Gasteiger charge is 2.25. The second-order valence-corrected chi connectivity index (χ2v) is 10.1. The Balaban J connectivity index is 1.51. The van der Waals surface area contributed by atoms with Crippen molar-refractivity contribution in [1.29, 1.82) is 0 Å². The zero-order chi connectivity index (χ0) is 25.4. The van der Waals surface area contributed by atoms with Crippen LogP contribution in [0.2, 0.25) is 0 Å². The number of nitrogens with one attached hydrogen (secondary N) is 1. The van der Waals surface area contributed by atoms with Gasteiger partial charge in [-0.25, -0.2) is 4.68 Å². The number of benzene rings is 2. The van der Waals surface area contributed by atoms with Gasteiger partial charge in [-0.1, -0.05) is 25.1 Å². The van der Waals surface area contributed by atoms with Crippen molar-refractivity contribution in [3.05, 3.63) is 74.8 Å². The van der Waals surface area contributed by atoms with Gasteiger partial charge >= 0.3 is 0 Å². The average Bonchev–Trinajstić information content (AvgIpc) is 3.52. The lowest BCUT2D eigenvalue weighted by Gasteiger charge is -2.27. The maximum atomic E-state index is 13.1. The first-order valence-corrected chi connectivity index (χ1v) is 12.3. The van der Waals surface area contributed by atoms with E-state index in [0.29, 0.717) is 25.2 Å². The van der Waals surface area contributed by atoms with E-state index in [9.17, 15) is 4.79 Å². The van der Waals surface area contributed by atoms with Gasteiger partial charge < -0.3 is 14.5 Å². The summed E-state index contributed by atoms with van der Waals surface area (Å²) in [6.07, 6.45) is 0.885. The number of tetrazole rings is 1. The van der Waals surface area contributed by atoms with Crippen molar-refractivity contribution >= 4 is 10.9 Å². The van der Waals surface area contributed by atoms with E-state index in [1.54, 1.807) is 0 Å². The third kappa shape index (κ3) is 4.58. The maximum Gasteiger partial charge on any atom is 0.252 e. The molecule has 1 N–H and O–H groups in total. The van der Waals surface area contributed by atoms with Crippen LogP contribution in [0.1, 0.15) is 55.3 Å². The van der Waals surface area contributed by atoms with Crippen LogP contribution in [0.3, 0.4) is 0 Å². The topological polar surface area (TPSA) is 98.2 Å². The molecule has 9 heteroatoms. The Labute approximate surface area is 210 Å².